The van der Waals surface area contributed by atoms with E-state index in [9.17, 15) is 9.59 Å². The van der Waals surface area contributed by atoms with Crippen molar-refractivity contribution < 1.29 is 14.3 Å². The van der Waals surface area contributed by atoms with E-state index < -0.39 is 5.97 Å². The fourth-order valence-electron chi connectivity index (χ4n) is 3.42. The number of methoxy groups -OCH3 is 1. The molecule has 1 amide bonds. The number of amidine groups is 1. The minimum absolute atomic E-state index is 0.0311. The van der Waals surface area contributed by atoms with Gasteiger partial charge in [-0.1, -0.05) is 55.9 Å². The molecule has 0 unspecified atom stereocenters. The van der Waals surface area contributed by atoms with E-state index in [1.165, 1.54) is 18.9 Å². The predicted molar refractivity (Wildman–Crippen MR) is 116 cm³/mol. The number of allylic oxidation sites excluding steroid dienone is 1. The zero-order chi connectivity index (χ0) is 21.0. The summed E-state index contributed by atoms with van der Waals surface area (Å²) < 4.78 is 5.05. The third-order valence-electron chi connectivity index (χ3n) is 4.91. The van der Waals surface area contributed by atoms with Crippen molar-refractivity contribution in [2.75, 3.05) is 13.7 Å². The molecule has 1 aromatic carbocycles. The van der Waals surface area contributed by atoms with Crippen molar-refractivity contribution in [3.63, 3.8) is 0 Å². The lowest BCUT2D eigenvalue weighted by atomic mass is 9.94. The minimum atomic E-state index is -0.406. The van der Waals surface area contributed by atoms with Gasteiger partial charge in [-0.2, -0.15) is 0 Å². The van der Waals surface area contributed by atoms with Gasteiger partial charge in [-0.25, -0.2) is 9.79 Å². The standard InChI is InChI=1S/C22H27N3O3S/c1-14(2)10-11-23-18(26)12-17-13-29-22-24-15(3)19(21(27)28-4)20(25(17)22)16-8-6-5-7-9-16/h5-9,13-14,20H,10-12H2,1-4H3,(H,23,26)/t20-/m1/s1. The summed E-state index contributed by atoms with van der Waals surface area (Å²) in [6.07, 6.45) is 1.18. The maximum Gasteiger partial charge on any atom is 0.338 e. The Morgan fingerprint density at radius 1 is 1.28 bits per heavy atom. The molecule has 0 saturated heterocycles. The Labute approximate surface area is 176 Å². The number of nitrogens with zero attached hydrogens (tertiary/aromatic N) is 2. The summed E-state index contributed by atoms with van der Waals surface area (Å²) in [4.78, 5) is 31.7. The molecule has 0 bridgehead atoms. The first-order valence-electron chi connectivity index (χ1n) is 9.76. The van der Waals surface area contributed by atoms with Crippen LogP contribution in [0.4, 0.5) is 0 Å². The molecule has 0 radical (unpaired) electrons. The van der Waals surface area contributed by atoms with Gasteiger partial charge in [0.2, 0.25) is 5.91 Å². The highest BCUT2D eigenvalue weighted by molar-refractivity contribution is 8.16. The number of fused-ring (bicyclic) bond motifs is 1. The number of ether oxygens (including phenoxy) is 1. The second-order valence-corrected chi connectivity index (χ2v) is 8.34. The Morgan fingerprint density at radius 2 is 2.00 bits per heavy atom. The van der Waals surface area contributed by atoms with Gasteiger partial charge in [-0.15, -0.1) is 0 Å². The van der Waals surface area contributed by atoms with Crippen LogP contribution in [0.15, 0.2) is 57.7 Å². The number of aliphatic imine (C=N–C) groups is 1. The first kappa shape index (κ1) is 21.2. The average Bonchev–Trinajstić information content (AvgIpc) is 3.08. The molecule has 154 valence electrons. The second-order valence-electron chi connectivity index (χ2n) is 7.50. The van der Waals surface area contributed by atoms with Gasteiger partial charge >= 0.3 is 5.97 Å². The lowest BCUT2D eigenvalue weighted by Crippen LogP contribution is -2.38. The molecule has 0 fully saturated rings. The van der Waals surface area contributed by atoms with Crippen molar-refractivity contribution in [2.45, 2.75) is 39.7 Å². The topological polar surface area (TPSA) is 71.0 Å². The summed E-state index contributed by atoms with van der Waals surface area (Å²) in [6, 6.07) is 9.40. The zero-order valence-electron chi connectivity index (χ0n) is 17.3. The van der Waals surface area contributed by atoms with Crippen molar-refractivity contribution in [2.24, 2.45) is 10.9 Å². The van der Waals surface area contributed by atoms with E-state index in [0.717, 1.165) is 22.8 Å². The van der Waals surface area contributed by atoms with Gasteiger partial charge in [-0.05, 0) is 30.2 Å². The number of hydrogen-bond donors (Lipinski definition) is 1. The zero-order valence-corrected chi connectivity index (χ0v) is 18.1. The second kappa shape index (κ2) is 9.31. The SMILES string of the molecule is COC(=O)C1=C(C)N=C2SC=C(CC(=O)NCCC(C)C)N2[C@@H]1c1ccccc1. The van der Waals surface area contributed by atoms with Crippen LogP contribution in [0.3, 0.4) is 0 Å². The fraction of sp³-hybridized carbons (Fsp3) is 0.409. The van der Waals surface area contributed by atoms with Crippen molar-refractivity contribution in [1.82, 2.24) is 10.2 Å². The minimum Gasteiger partial charge on any atom is -0.466 e. The number of thioether (sulfide) groups is 1. The molecule has 2 aliphatic rings. The van der Waals surface area contributed by atoms with E-state index in [-0.39, 0.29) is 18.4 Å². The highest BCUT2D eigenvalue weighted by Gasteiger charge is 2.40. The normalized spacial score (nSPS) is 18.4. The molecule has 6 nitrogen and oxygen atoms in total. The molecule has 1 N–H and O–H groups in total. The van der Waals surface area contributed by atoms with E-state index in [2.05, 4.69) is 24.2 Å². The van der Waals surface area contributed by atoms with Crippen LogP contribution in [0.2, 0.25) is 0 Å². The first-order chi connectivity index (χ1) is 13.9. The highest BCUT2D eigenvalue weighted by Crippen LogP contribution is 2.44. The summed E-state index contributed by atoms with van der Waals surface area (Å²) in [5.41, 5.74) is 2.92. The van der Waals surface area contributed by atoms with Crippen molar-refractivity contribution >= 4 is 28.8 Å². The van der Waals surface area contributed by atoms with Gasteiger partial charge in [-0.3, -0.25) is 4.79 Å². The maximum absolute atomic E-state index is 12.6. The number of benzene rings is 1. The monoisotopic (exact) mass is 413 g/mol. The van der Waals surface area contributed by atoms with Gasteiger partial charge in [0.15, 0.2) is 5.17 Å². The smallest absolute Gasteiger partial charge is 0.338 e. The van der Waals surface area contributed by atoms with E-state index in [1.807, 2.05) is 47.6 Å². The fourth-order valence-corrected chi connectivity index (χ4v) is 4.38. The summed E-state index contributed by atoms with van der Waals surface area (Å²) in [5.74, 6) is 0.101. The maximum atomic E-state index is 12.6. The number of nitrogens with one attached hydrogen (secondary N) is 1. The Balaban J connectivity index is 1.88. The molecule has 1 aromatic rings. The summed E-state index contributed by atoms with van der Waals surface area (Å²) in [7, 11) is 1.38. The van der Waals surface area contributed by atoms with Crippen LogP contribution in [0.1, 0.15) is 45.2 Å². The van der Waals surface area contributed by atoms with Crippen LogP contribution in [0, 0.1) is 5.92 Å². The van der Waals surface area contributed by atoms with Crippen LogP contribution < -0.4 is 5.32 Å². The predicted octanol–water partition coefficient (Wildman–Crippen LogP) is 3.99. The van der Waals surface area contributed by atoms with Gasteiger partial charge < -0.3 is 15.0 Å². The molecule has 2 aliphatic heterocycles. The van der Waals surface area contributed by atoms with Crippen LogP contribution >= 0.6 is 11.8 Å². The number of esters is 1. The average molecular weight is 414 g/mol. The van der Waals surface area contributed by atoms with Gasteiger partial charge in [0.1, 0.15) is 0 Å². The van der Waals surface area contributed by atoms with E-state index in [1.54, 1.807) is 0 Å². The Morgan fingerprint density at radius 3 is 2.66 bits per heavy atom. The Bertz CT molecular complexity index is 875. The number of rotatable bonds is 7. The molecule has 29 heavy (non-hydrogen) atoms. The largest absolute Gasteiger partial charge is 0.466 e. The highest BCUT2D eigenvalue weighted by atomic mass is 32.2. The van der Waals surface area contributed by atoms with Gasteiger partial charge in [0.25, 0.3) is 0 Å². The van der Waals surface area contributed by atoms with Crippen LogP contribution in [-0.2, 0) is 14.3 Å². The molecule has 0 aliphatic carbocycles. The lowest BCUT2D eigenvalue weighted by Gasteiger charge is -2.36. The summed E-state index contributed by atoms with van der Waals surface area (Å²) in [6.45, 7) is 6.74. The Hall–Kier alpha value is -2.54. The van der Waals surface area contributed by atoms with E-state index >= 15 is 0 Å². The number of amides is 1. The van der Waals surface area contributed by atoms with Crippen LogP contribution in [-0.4, -0.2) is 35.6 Å². The van der Waals surface area contributed by atoms with Crippen molar-refractivity contribution in [3.05, 3.63) is 58.3 Å². The number of carbonyl (C=O) groups is 2. The van der Waals surface area contributed by atoms with Gasteiger partial charge in [0, 0.05) is 12.2 Å². The molecular formula is C22H27N3O3S. The third kappa shape index (κ3) is 4.72. The molecule has 0 spiro atoms. The molecule has 3 rings (SSSR count). The molecule has 0 saturated carbocycles. The summed E-state index contributed by atoms with van der Waals surface area (Å²) in [5, 5.41) is 5.71. The molecule has 1 atom stereocenters. The molecular weight excluding hydrogens is 386 g/mol. The molecule has 2 heterocycles. The van der Waals surface area contributed by atoms with Crippen molar-refractivity contribution in [1.29, 1.82) is 0 Å². The van der Waals surface area contributed by atoms with Gasteiger partial charge in [0.05, 0.1) is 30.8 Å². The van der Waals surface area contributed by atoms with Crippen LogP contribution in [0.5, 0.6) is 0 Å². The molecule has 7 heteroatoms. The third-order valence-corrected chi connectivity index (χ3v) is 5.80. The van der Waals surface area contributed by atoms with Crippen molar-refractivity contribution in [3.8, 4) is 0 Å². The first-order valence-corrected chi connectivity index (χ1v) is 10.6. The van der Waals surface area contributed by atoms with E-state index in [4.69, 9.17) is 4.74 Å². The number of hydrogen-bond acceptors (Lipinski definition) is 6. The summed E-state index contributed by atoms with van der Waals surface area (Å²) >= 11 is 1.48. The molecule has 0 aromatic heterocycles. The van der Waals surface area contributed by atoms with Crippen LogP contribution in [0.25, 0.3) is 0 Å². The lowest BCUT2D eigenvalue weighted by molar-refractivity contribution is -0.136. The quantitative estimate of drug-likeness (QED) is 0.685. The number of carbonyl (C=O) groups excluding carboxylic acids is 2. The van der Waals surface area contributed by atoms with E-state index in [0.29, 0.717) is 23.7 Å². The Kier molecular flexibility index (Phi) is 6.79.